The summed E-state index contributed by atoms with van der Waals surface area (Å²) in [5, 5.41) is 0. The van der Waals surface area contributed by atoms with Gasteiger partial charge in [0.05, 0.1) is 35.1 Å². The van der Waals surface area contributed by atoms with Gasteiger partial charge in [-0.1, -0.05) is 54.6 Å². The van der Waals surface area contributed by atoms with E-state index in [4.69, 9.17) is 4.74 Å². The summed E-state index contributed by atoms with van der Waals surface area (Å²) in [6, 6.07) is 21.6. The number of anilines is 1. The maximum atomic E-state index is 14.0. The monoisotopic (exact) mass is 451 g/mol. The van der Waals surface area contributed by atoms with Gasteiger partial charge in [-0.15, -0.1) is 0 Å². The van der Waals surface area contributed by atoms with Crippen LogP contribution in [-0.2, 0) is 24.5 Å². The first-order valence-electron chi connectivity index (χ1n) is 11.3. The molecule has 0 aromatic heterocycles. The molecule has 6 heteroatoms. The van der Waals surface area contributed by atoms with Crippen LogP contribution >= 0.6 is 0 Å². The summed E-state index contributed by atoms with van der Waals surface area (Å²) < 4.78 is 5.08. The van der Waals surface area contributed by atoms with Crippen LogP contribution in [0.2, 0.25) is 0 Å². The summed E-state index contributed by atoms with van der Waals surface area (Å²) in [5.74, 6) is -3.17. The van der Waals surface area contributed by atoms with Gasteiger partial charge in [0.2, 0.25) is 11.8 Å². The van der Waals surface area contributed by atoms with Crippen LogP contribution in [-0.4, -0.2) is 30.7 Å². The Morgan fingerprint density at radius 2 is 1.59 bits per heavy atom. The number of aldehydes is 1. The third kappa shape index (κ3) is 2.40. The molecule has 0 saturated carbocycles. The van der Waals surface area contributed by atoms with Crippen molar-refractivity contribution in [2.75, 3.05) is 11.5 Å². The van der Waals surface area contributed by atoms with E-state index in [9.17, 15) is 19.2 Å². The second-order valence-corrected chi connectivity index (χ2v) is 8.93. The average Bonchev–Trinajstić information content (AvgIpc) is 3.15. The van der Waals surface area contributed by atoms with Crippen molar-refractivity contribution in [1.29, 1.82) is 0 Å². The molecule has 1 aliphatic heterocycles. The van der Waals surface area contributed by atoms with Gasteiger partial charge in [0.1, 0.15) is 6.29 Å². The van der Waals surface area contributed by atoms with Gasteiger partial charge in [-0.05, 0) is 47.4 Å². The Kier molecular flexibility index (Phi) is 4.36. The topological polar surface area (TPSA) is 80.8 Å². The van der Waals surface area contributed by atoms with E-state index in [1.165, 1.54) is 6.07 Å². The van der Waals surface area contributed by atoms with Crippen LogP contribution in [0.25, 0.3) is 0 Å². The fourth-order valence-electron chi connectivity index (χ4n) is 6.27. The minimum Gasteiger partial charge on any atom is -0.462 e. The van der Waals surface area contributed by atoms with Crippen LogP contribution < -0.4 is 4.90 Å². The zero-order valence-corrected chi connectivity index (χ0v) is 18.4. The summed E-state index contributed by atoms with van der Waals surface area (Å²) >= 11 is 0. The summed E-state index contributed by atoms with van der Waals surface area (Å²) in [5.41, 5.74) is 2.73. The Morgan fingerprint density at radius 3 is 2.21 bits per heavy atom. The van der Waals surface area contributed by atoms with Crippen LogP contribution in [0.5, 0.6) is 0 Å². The van der Waals surface area contributed by atoms with Gasteiger partial charge in [-0.25, -0.2) is 9.69 Å². The van der Waals surface area contributed by atoms with Crippen molar-refractivity contribution in [3.8, 4) is 0 Å². The number of nitrogens with zero attached hydrogens (tertiary/aromatic N) is 1. The number of carbonyl (C=O) groups excluding carboxylic acids is 4. The number of benzene rings is 3. The lowest BCUT2D eigenvalue weighted by Crippen LogP contribution is -2.54. The molecule has 3 aromatic rings. The van der Waals surface area contributed by atoms with Crippen LogP contribution in [0.4, 0.5) is 5.69 Å². The van der Waals surface area contributed by atoms with Crippen LogP contribution in [0.1, 0.15) is 45.5 Å². The lowest BCUT2D eigenvalue weighted by Gasteiger charge is -2.51. The zero-order chi connectivity index (χ0) is 23.6. The highest BCUT2D eigenvalue weighted by Crippen LogP contribution is 2.63. The SMILES string of the molecule is CCOC(=O)c1cccc(N2C(=O)[C@@H]3C4c5ccccc5C(C=O)(c5ccccc54)[C@@H]3C2=O)c1. The second-order valence-electron chi connectivity index (χ2n) is 8.93. The van der Waals surface area contributed by atoms with E-state index in [-0.39, 0.29) is 24.0 Å². The number of rotatable bonds is 4. The molecule has 2 bridgehead atoms. The molecule has 34 heavy (non-hydrogen) atoms. The van der Waals surface area contributed by atoms with E-state index < -0.39 is 29.1 Å². The van der Waals surface area contributed by atoms with Gasteiger partial charge in [0, 0.05) is 5.92 Å². The second kappa shape index (κ2) is 7.22. The molecule has 1 heterocycles. The zero-order valence-electron chi connectivity index (χ0n) is 18.4. The third-order valence-electron chi connectivity index (χ3n) is 7.49. The predicted octanol–water partition coefficient (Wildman–Crippen LogP) is 3.61. The van der Waals surface area contributed by atoms with Crippen molar-refractivity contribution in [3.63, 3.8) is 0 Å². The number of hydrogen-bond acceptors (Lipinski definition) is 5. The van der Waals surface area contributed by atoms with Gasteiger partial charge in [-0.2, -0.15) is 0 Å². The summed E-state index contributed by atoms with van der Waals surface area (Å²) in [7, 11) is 0. The minimum atomic E-state index is -1.24. The summed E-state index contributed by atoms with van der Waals surface area (Å²) in [4.78, 5) is 54.3. The van der Waals surface area contributed by atoms with E-state index in [1.807, 2.05) is 48.5 Å². The number of ether oxygens (including phenoxy) is 1. The molecule has 7 rings (SSSR count). The fraction of sp³-hybridized carbons (Fsp3) is 0.214. The summed E-state index contributed by atoms with van der Waals surface area (Å²) in [6.45, 7) is 1.93. The number of amides is 2. The molecule has 0 radical (unpaired) electrons. The molecule has 2 amide bonds. The maximum absolute atomic E-state index is 14.0. The van der Waals surface area contributed by atoms with Crippen molar-refractivity contribution in [2.24, 2.45) is 11.8 Å². The first kappa shape index (κ1) is 20.5. The van der Waals surface area contributed by atoms with E-state index in [0.717, 1.165) is 33.4 Å². The molecule has 3 aromatic carbocycles. The van der Waals surface area contributed by atoms with E-state index in [1.54, 1.807) is 25.1 Å². The molecule has 1 fully saturated rings. The summed E-state index contributed by atoms with van der Waals surface area (Å²) in [6.07, 6.45) is 0.849. The predicted molar refractivity (Wildman–Crippen MR) is 123 cm³/mol. The van der Waals surface area contributed by atoms with E-state index >= 15 is 0 Å². The smallest absolute Gasteiger partial charge is 0.338 e. The molecule has 1 saturated heterocycles. The molecular weight excluding hydrogens is 430 g/mol. The Hall–Kier alpha value is -4.06. The molecule has 2 atom stereocenters. The largest absolute Gasteiger partial charge is 0.462 e. The standard InChI is InChI=1S/C28H21NO5/c1-2-34-27(33)16-8-7-9-17(14-16)29-25(31)23-22-18-10-3-5-12-20(18)28(15-30,24(23)26(29)32)21-13-6-4-11-19(21)22/h3-15,22-24H,2H2,1H3/t22?,23-,24+,28?/m1/s1. The van der Waals surface area contributed by atoms with Crippen molar-refractivity contribution >= 4 is 29.8 Å². The molecule has 0 N–H and O–H groups in total. The number of hydrogen-bond donors (Lipinski definition) is 0. The van der Waals surface area contributed by atoms with Gasteiger partial charge in [0.15, 0.2) is 0 Å². The first-order valence-corrected chi connectivity index (χ1v) is 11.3. The number of esters is 1. The number of carbonyl (C=O) groups is 4. The molecule has 3 aliphatic carbocycles. The molecule has 168 valence electrons. The van der Waals surface area contributed by atoms with Crippen LogP contribution in [0.3, 0.4) is 0 Å². The van der Waals surface area contributed by atoms with Gasteiger partial charge in [0.25, 0.3) is 0 Å². The Labute approximate surface area is 196 Å². The minimum absolute atomic E-state index is 0.217. The first-order chi connectivity index (χ1) is 16.5. The van der Waals surface area contributed by atoms with Crippen LogP contribution in [0.15, 0.2) is 72.8 Å². The van der Waals surface area contributed by atoms with E-state index in [0.29, 0.717) is 5.69 Å². The molecule has 0 unspecified atom stereocenters. The van der Waals surface area contributed by atoms with E-state index in [2.05, 4.69) is 0 Å². The molecule has 0 spiro atoms. The normalized spacial score (nSPS) is 26.0. The highest BCUT2D eigenvalue weighted by molar-refractivity contribution is 6.25. The fourth-order valence-corrected chi connectivity index (χ4v) is 6.27. The highest BCUT2D eigenvalue weighted by Gasteiger charge is 2.68. The van der Waals surface area contributed by atoms with Crippen molar-refractivity contribution < 1.29 is 23.9 Å². The molecule has 6 nitrogen and oxygen atoms in total. The average molecular weight is 451 g/mol. The van der Waals surface area contributed by atoms with Gasteiger partial charge >= 0.3 is 5.97 Å². The maximum Gasteiger partial charge on any atom is 0.338 e. The van der Waals surface area contributed by atoms with Crippen molar-refractivity contribution in [3.05, 3.63) is 101 Å². The lowest BCUT2D eigenvalue weighted by atomic mass is 9.48. The third-order valence-corrected chi connectivity index (χ3v) is 7.49. The van der Waals surface area contributed by atoms with Gasteiger partial charge < -0.3 is 9.53 Å². The van der Waals surface area contributed by atoms with Gasteiger partial charge in [-0.3, -0.25) is 9.59 Å². The molecule has 4 aliphatic rings. The Morgan fingerprint density at radius 1 is 0.941 bits per heavy atom. The Balaban J connectivity index is 1.55. The Bertz CT molecular complexity index is 1350. The van der Waals surface area contributed by atoms with Crippen molar-refractivity contribution in [2.45, 2.75) is 18.3 Å². The highest BCUT2D eigenvalue weighted by atomic mass is 16.5. The molecular formula is C28H21NO5. The van der Waals surface area contributed by atoms with Crippen LogP contribution in [0, 0.1) is 11.8 Å². The number of imide groups is 1. The lowest BCUT2D eigenvalue weighted by molar-refractivity contribution is -0.128. The quantitative estimate of drug-likeness (QED) is 0.344. The van der Waals surface area contributed by atoms with Crippen molar-refractivity contribution in [1.82, 2.24) is 0 Å².